The van der Waals surface area contributed by atoms with Crippen molar-refractivity contribution < 1.29 is 23.9 Å². The van der Waals surface area contributed by atoms with Gasteiger partial charge in [0.25, 0.3) is 0 Å². The molecule has 0 aliphatic carbocycles. The second kappa shape index (κ2) is 15.5. The summed E-state index contributed by atoms with van der Waals surface area (Å²) in [7, 11) is 0. The van der Waals surface area contributed by atoms with Crippen LogP contribution in [0, 0.1) is 0 Å². The molecule has 0 saturated carbocycles. The minimum absolute atomic E-state index is 0.0978. The average molecular weight is 676 g/mol. The third kappa shape index (κ3) is 11.4. The molecule has 2 aromatic carbocycles. The van der Waals surface area contributed by atoms with Crippen LogP contribution in [0.2, 0.25) is 0 Å². The molecular formula is C35H41Cl3N2O5. The fourth-order valence-electron chi connectivity index (χ4n) is 5.58. The maximum atomic E-state index is 14.1. The number of fused-ring (bicyclic) bond motifs is 2. The molecule has 0 saturated heterocycles. The number of benzene rings is 2. The minimum Gasteiger partial charge on any atom is -0.460 e. The van der Waals surface area contributed by atoms with Crippen molar-refractivity contribution >= 4 is 52.8 Å². The van der Waals surface area contributed by atoms with Crippen LogP contribution in [0.5, 0.6) is 0 Å². The molecule has 45 heavy (non-hydrogen) atoms. The van der Waals surface area contributed by atoms with E-state index in [0.29, 0.717) is 26.1 Å². The van der Waals surface area contributed by atoms with Crippen LogP contribution >= 0.6 is 34.8 Å². The highest BCUT2D eigenvalue weighted by atomic mass is 35.6. The number of carbonyl (C=O) groups excluding carboxylic acids is 3. The van der Waals surface area contributed by atoms with Crippen molar-refractivity contribution in [2.75, 3.05) is 19.7 Å². The molecule has 2 amide bonds. The van der Waals surface area contributed by atoms with Crippen LogP contribution in [-0.2, 0) is 45.0 Å². The molecule has 0 spiro atoms. The number of carbonyl (C=O) groups is 3. The Morgan fingerprint density at radius 1 is 0.711 bits per heavy atom. The molecule has 0 radical (unpaired) electrons. The number of esters is 1. The first-order valence-corrected chi connectivity index (χ1v) is 16.4. The maximum absolute atomic E-state index is 14.1. The SMILES string of the molecule is CC(C)(C)OC(=O)C/C1=C/CCc2ccccc2CN(C(=O)C/C2=C/CCc3ccccc3CN(C(=O)OCC(Cl)(Cl)Cl)C2)C1. The number of hydrogen-bond donors (Lipinski definition) is 0. The van der Waals surface area contributed by atoms with Crippen LogP contribution in [0.25, 0.3) is 0 Å². The summed E-state index contributed by atoms with van der Waals surface area (Å²) in [6.45, 7) is 6.32. The van der Waals surface area contributed by atoms with E-state index < -0.39 is 22.1 Å². The molecule has 7 nitrogen and oxygen atoms in total. The summed E-state index contributed by atoms with van der Waals surface area (Å²) in [6, 6.07) is 16.1. The van der Waals surface area contributed by atoms with E-state index in [2.05, 4.69) is 12.1 Å². The first kappa shape index (κ1) is 34.9. The third-order valence-electron chi connectivity index (χ3n) is 7.58. The Morgan fingerprint density at radius 3 is 1.73 bits per heavy atom. The highest BCUT2D eigenvalue weighted by molar-refractivity contribution is 6.67. The summed E-state index contributed by atoms with van der Waals surface area (Å²) in [5.74, 6) is -0.417. The Morgan fingerprint density at radius 2 is 1.20 bits per heavy atom. The smallest absolute Gasteiger partial charge is 0.410 e. The summed E-state index contributed by atoms with van der Waals surface area (Å²) in [6.07, 6.45) is 6.74. The third-order valence-corrected chi connectivity index (χ3v) is 7.91. The highest BCUT2D eigenvalue weighted by Gasteiger charge is 2.28. The Labute approximate surface area is 281 Å². The van der Waals surface area contributed by atoms with E-state index in [0.717, 1.165) is 47.1 Å². The summed E-state index contributed by atoms with van der Waals surface area (Å²) in [5, 5.41) is 0. The van der Waals surface area contributed by atoms with Crippen LogP contribution in [-0.4, -0.2) is 56.9 Å². The van der Waals surface area contributed by atoms with Gasteiger partial charge in [0.2, 0.25) is 9.70 Å². The first-order chi connectivity index (χ1) is 21.3. The van der Waals surface area contributed by atoms with Gasteiger partial charge in [-0.05, 0) is 79.9 Å². The number of amides is 2. The van der Waals surface area contributed by atoms with Gasteiger partial charge in [-0.25, -0.2) is 4.79 Å². The molecule has 0 bridgehead atoms. The molecule has 2 aromatic rings. The van der Waals surface area contributed by atoms with Crippen LogP contribution in [0.15, 0.2) is 71.8 Å². The van der Waals surface area contributed by atoms with Crippen LogP contribution in [0.1, 0.15) is 68.7 Å². The van der Waals surface area contributed by atoms with Gasteiger partial charge in [-0.15, -0.1) is 0 Å². The molecule has 10 heteroatoms. The highest BCUT2D eigenvalue weighted by Crippen LogP contribution is 2.28. The number of alkyl halides is 3. The van der Waals surface area contributed by atoms with Gasteiger partial charge in [-0.1, -0.05) is 95.5 Å². The van der Waals surface area contributed by atoms with E-state index in [1.54, 1.807) is 9.80 Å². The standard InChI is InChI=1S/C35H41Cl3N2O5/c1-34(2,3)45-32(42)19-26-11-9-17-27-12-4-6-14-29(27)22-39(20-26)31(41)18-25-10-8-16-28-13-5-7-15-30(28)23-40(21-25)33(43)44-24-35(36,37)38/h4-7,10-15H,8-9,16-24H2,1-3H3/b25-10-,26-11-. The van der Waals surface area contributed by atoms with Crippen molar-refractivity contribution in [1.29, 1.82) is 0 Å². The number of nitrogens with zero attached hydrogens (tertiary/aromatic N) is 2. The van der Waals surface area contributed by atoms with Crippen molar-refractivity contribution in [1.82, 2.24) is 9.80 Å². The lowest BCUT2D eigenvalue weighted by molar-refractivity contribution is -0.154. The van der Waals surface area contributed by atoms with Crippen LogP contribution in [0.3, 0.4) is 0 Å². The Bertz CT molecular complexity index is 1440. The van der Waals surface area contributed by atoms with Gasteiger partial charge in [0.1, 0.15) is 12.2 Å². The lowest BCUT2D eigenvalue weighted by Gasteiger charge is -2.28. The Kier molecular flexibility index (Phi) is 12.0. The number of rotatable bonds is 5. The monoisotopic (exact) mass is 674 g/mol. The van der Waals surface area contributed by atoms with Gasteiger partial charge in [0, 0.05) is 32.6 Å². The predicted octanol–water partition coefficient (Wildman–Crippen LogP) is 7.89. The van der Waals surface area contributed by atoms with E-state index in [9.17, 15) is 14.4 Å². The predicted molar refractivity (Wildman–Crippen MR) is 178 cm³/mol. The number of ether oxygens (including phenoxy) is 2. The van der Waals surface area contributed by atoms with E-state index in [1.807, 2.05) is 69.3 Å². The molecule has 0 aromatic heterocycles. The summed E-state index contributed by atoms with van der Waals surface area (Å²) < 4.78 is 9.21. The van der Waals surface area contributed by atoms with Gasteiger partial charge in [0.15, 0.2) is 0 Å². The first-order valence-electron chi connectivity index (χ1n) is 15.2. The maximum Gasteiger partial charge on any atom is 0.410 e. The van der Waals surface area contributed by atoms with Crippen molar-refractivity contribution in [3.63, 3.8) is 0 Å². The minimum atomic E-state index is -1.74. The second-order valence-electron chi connectivity index (χ2n) is 12.6. The van der Waals surface area contributed by atoms with Crippen molar-refractivity contribution in [3.05, 3.63) is 94.1 Å². The van der Waals surface area contributed by atoms with E-state index in [-0.39, 0.29) is 31.3 Å². The lowest BCUT2D eigenvalue weighted by atomic mass is 10.0. The van der Waals surface area contributed by atoms with Gasteiger partial charge in [0.05, 0.1) is 6.42 Å². The van der Waals surface area contributed by atoms with Gasteiger partial charge in [-0.2, -0.15) is 0 Å². The van der Waals surface area contributed by atoms with E-state index in [1.165, 1.54) is 5.56 Å². The van der Waals surface area contributed by atoms with Crippen LogP contribution in [0.4, 0.5) is 4.79 Å². The molecule has 2 heterocycles. The number of halogens is 3. The molecule has 0 N–H and O–H groups in total. The Hall–Kier alpha value is -3.00. The molecule has 0 unspecified atom stereocenters. The molecule has 2 aliphatic heterocycles. The number of allylic oxidation sites excluding steroid dienone is 2. The molecular weight excluding hydrogens is 635 g/mol. The average Bonchev–Trinajstić information content (AvgIpc) is 3.09. The summed E-state index contributed by atoms with van der Waals surface area (Å²) >= 11 is 17.6. The fraction of sp³-hybridized carbons (Fsp3) is 0.457. The van der Waals surface area contributed by atoms with Gasteiger partial charge >= 0.3 is 12.1 Å². The summed E-state index contributed by atoms with van der Waals surface area (Å²) in [4.78, 5) is 43.5. The van der Waals surface area contributed by atoms with Crippen molar-refractivity contribution in [2.45, 2.75) is 81.8 Å². The normalized spacial score (nSPS) is 18.5. The molecule has 4 rings (SSSR count). The lowest BCUT2D eigenvalue weighted by Crippen LogP contribution is -2.37. The zero-order valence-electron chi connectivity index (χ0n) is 26.1. The van der Waals surface area contributed by atoms with Gasteiger partial charge in [-0.3, -0.25) is 14.5 Å². The molecule has 0 atom stereocenters. The fourth-order valence-corrected chi connectivity index (χ4v) is 5.75. The van der Waals surface area contributed by atoms with Crippen LogP contribution < -0.4 is 0 Å². The zero-order chi connectivity index (χ0) is 32.6. The topological polar surface area (TPSA) is 76.2 Å². The zero-order valence-corrected chi connectivity index (χ0v) is 28.4. The molecule has 2 aliphatic rings. The van der Waals surface area contributed by atoms with E-state index in [4.69, 9.17) is 44.3 Å². The quantitative estimate of drug-likeness (QED) is 0.183. The summed E-state index contributed by atoms with van der Waals surface area (Å²) in [5.41, 5.74) is 5.41. The largest absolute Gasteiger partial charge is 0.460 e. The van der Waals surface area contributed by atoms with E-state index >= 15 is 0 Å². The van der Waals surface area contributed by atoms with Crippen molar-refractivity contribution in [2.24, 2.45) is 0 Å². The number of hydrogen-bond acceptors (Lipinski definition) is 5. The molecule has 0 fully saturated rings. The van der Waals surface area contributed by atoms with Crippen molar-refractivity contribution in [3.8, 4) is 0 Å². The Balaban J connectivity index is 1.57. The second-order valence-corrected chi connectivity index (χ2v) is 15.1. The number of aryl methyl sites for hydroxylation is 2. The molecule has 242 valence electrons. The van der Waals surface area contributed by atoms with Gasteiger partial charge < -0.3 is 14.4 Å².